The average molecular weight is 402 g/mol. The predicted octanol–water partition coefficient (Wildman–Crippen LogP) is 5.40. The minimum Gasteiger partial charge on any atom is -0.488 e. The van der Waals surface area contributed by atoms with Gasteiger partial charge in [0.15, 0.2) is 0 Å². The van der Waals surface area contributed by atoms with Crippen LogP contribution >= 0.6 is 0 Å². The Kier molecular flexibility index (Phi) is 5.89. The number of ether oxygens (including phenoxy) is 1. The number of benzene rings is 2. The van der Waals surface area contributed by atoms with Crippen LogP contribution in [0.2, 0.25) is 0 Å². The summed E-state index contributed by atoms with van der Waals surface area (Å²) in [5.41, 5.74) is 2.73. The molecule has 0 aliphatic carbocycles. The van der Waals surface area contributed by atoms with Gasteiger partial charge in [0.1, 0.15) is 23.8 Å². The summed E-state index contributed by atoms with van der Waals surface area (Å²) in [6.07, 6.45) is 1.60. The van der Waals surface area contributed by atoms with Gasteiger partial charge in [-0.15, -0.1) is 0 Å². The van der Waals surface area contributed by atoms with Crippen molar-refractivity contribution in [3.8, 4) is 5.75 Å². The van der Waals surface area contributed by atoms with E-state index in [1.54, 1.807) is 6.26 Å². The number of aromatic nitrogens is 1. The SMILES string of the molecule is CC(C)Cn1c(C(=O)NCc2ccco2)cc2c(OCc3ccccc3)cccc21. The molecule has 0 aliphatic rings. The molecule has 0 saturated heterocycles. The van der Waals surface area contributed by atoms with Gasteiger partial charge in [-0.3, -0.25) is 4.79 Å². The Hall–Kier alpha value is -3.47. The lowest BCUT2D eigenvalue weighted by atomic mass is 10.2. The van der Waals surface area contributed by atoms with Crippen molar-refractivity contribution in [1.29, 1.82) is 0 Å². The maximum absolute atomic E-state index is 13.0. The van der Waals surface area contributed by atoms with Crippen molar-refractivity contribution in [3.63, 3.8) is 0 Å². The normalized spacial score (nSPS) is 11.2. The van der Waals surface area contributed by atoms with Crippen molar-refractivity contribution in [2.45, 2.75) is 33.5 Å². The molecule has 5 nitrogen and oxygen atoms in total. The topological polar surface area (TPSA) is 56.4 Å². The molecule has 0 bridgehead atoms. The quantitative estimate of drug-likeness (QED) is 0.429. The highest BCUT2D eigenvalue weighted by Crippen LogP contribution is 2.30. The minimum atomic E-state index is -0.128. The van der Waals surface area contributed by atoms with E-state index in [0.29, 0.717) is 24.8 Å². The van der Waals surface area contributed by atoms with Gasteiger partial charge < -0.3 is 19.0 Å². The summed E-state index contributed by atoms with van der Waals surface area (Å²) < 4.78 is 13.5. The molecular formula is C25H26N2O3. The third-order valence-electron chi connectivity index (χ3n) is 4.93. The molecule has 154 valence electrons. The second-order valence-corrected chi connectivity index (χ2v) is 7.76. The van der Waals surface area contributed by atoms with E-state index >= 15 is 0 Å². The maximum atomic E-state index is 13.0. The van der Waals surface area contributed by atoms with Crippen LogP contribution in [0.15, 0.2) is 77.4 Å². The van der Waals surface area contributed by atoms with Crippen molar-refractivity contribution in [2.24, 2.45) is 5.92 Å². The first-order chi connectivity index (χ1) is 14.6. The Balaban J connectivity index is 1.64. The third-order valence-corrected chi connectivity index (χ3v) is 4.93. The van der Waals surface area contributed by atoms with E-state index in [2.05, 4.69) is 23.7 Å². The molecule has 0 aliphatic heterocycles. The Bertz CT molecular complexity index is 1110. The Labute approximate surface area is 176 Å². The van der Waals surface area contributed by atoms with Crippen LogP contribution in [0.3, 0.4) is 0 Å². The summed E-state index contributed by atoms with van der Waals surface area (Å²) in [6.45, 7) is 5.87. The lowest BCUT2D eigenvalue weighted by Crippen LogP contribution is -2.25. The number of carbonyl (C=O) groups excluding carboxylic acids is 1. The monoisotopic (exact) mass is 402 g/mol. The van der Waals surface area contributed by atoms with Crippen molar-refractivity contribution < 1.29 is 13.9 Å². The highest BCUT2D eigenvalue weighted by molar-refractivity contribution is 6.00. The van der Waals surface area contributed by atoms with Gasteiger partial charge in [0.05, 0.1) is 18.3 Å². The van der Waals surface area contributed by atoms with E-state index in [1.165, 1.54) is 0 Å². The molecule has 2 heterocycles. The summed E-state index contributed by atoms with van der Waals surface area (Å²) in [5, 5.41) is 3.90. The standard InChI is InChI=1S/C25H26N2O3/c1-18(2)16-27-22-11-6-12-24(30-17-19-8-4-3-5-9-19)21(22)14-23(27)25(28)26-15-20-10-7-13-29-20/h3-14,18H,15-17H2,1-2H3,(H,26,28). The maximum Gasteiger partial charge on any atom is 0.268 e. The van der Waals surface area contributed by atoms with E-state index in [9.17, 15) is 4.79 Å². The molecule has 5 heteroatoms. The number of hydrogen-bond donors (Lipinski definition) is 1. The summed E-state index contributed by atoms with van der Waals surface area (Å²) in [6, 6.07) is 21.6. The molecule has 4 aromatic rings. The fourth-order valence-electron chi connectivity index (χ4n) is 3.54. The highest BCUT2D eigenvalue weighted by Gasteiger charge is 2.19. The van der Waals surface area contributed by atoms with Crippen LogP contribution in [0.5, 0.6) is 5.75 Å². The second kappa shape index (κ2) is 8.91. The Morgan fingerprint density at radius 3 is 2.63 bits per heavy atom. The lowest BCUT2D eigenvalue weighted by molar-refractivity contribution is 0.0938. The first kappa shape index (κ1) is 19.8. The molecule has 0 radical (unpaired) electrons. The van der Waals surface area contributed by atoms with Gasteiger partial charge in [-0.25, -0.2) is 0 Å². The molecule has 0 saturated carbocycles. The highest BCUT2D eigenvalue weighted by atomic mass is 16.5. The number of nitrogens with one attached hydrogen (secondary N) is 1. The molecule has 0 spiro atoms. The van der Waals surface area contributed by atoms with E-state index in [-0.39, 0.29) is 5.91 Å². The first-order valence-corrected chi connectivity index (χ1v) is 10.2. The van der Waals surface area contributed by atoms with Crippen LogP contribution in [0.4, 0.5) is 0 Å². The van der Waals surface area contributed by atoms with E-state index in [1.807, 2.05) is 66.7 Å². The van der Waals surface area contributed by atoms with Gasteiger partial charge in [-0.05, 0) is 41.8 Å². The van der Waals surface area contributed by atoms with Crippen molar-refractivity contribution >= 4 is 16.8 Å². The fraction of sp³-hybridized carbons (Fsp3) is 0.240. The number of nitrogens with zero attached hydrogens (tertiary/aromatic N) is 1. The van der Waals surface area contributed by atoms with Gasteiger partial charge in [0, 0.05) is 11.9 Å². The van der Waals surface area contributed by atoms with Crippen molar-refractivity contribution in [3.05, 3.63) is 90.0 Å². The summed E-state index contributed by atoms with van der Waals surface area (Å²) in [7, 11) is 0. The molecule has 2 aromatic carbocycles. The predicted molar refractivity (Wildman–Crippen MR) is 117 cm³/mol. The summed E-state index contributed by atoms with van der Waals surface area (Å²) in [5.74, 6) is 1.77. The number of rotatable bonds is 8. The van der Waals surface area contributed by atoms with Crippen LogP contribution in [-0.2, 0) is 19.7 Å². The van der Waals surface area contributed by atoms with Gasteiger partial charge >= 0.3 is 0 Å². The smallest absolute Gasteiger partial charge is 0.268 e. The molecule has 2 aromatic heterocycles. The molecule has 30 heavy (non-hydrogen) atoms. The van der Waals surface area contributed by atoms with Crippen molar-refractivity contribution in [2.75, 3.05) is 0 Å². The number of hydrogen-bond acceptors (Lipinski definition) is 3. The molecule has 0 fully saturated rings. The average Bonchev–Trinajstić information content (AvgIpc) is 3.39. The Morgan fingerprint density at radius 2 is 1.90 bits per heavy atom. The van der Waals surface area contributed by atoms with Gasteiger partial charge in [0.2, 0.25) is 0 Å². The fourth-order valence-corrected chi connectivity index (χ4v) is 3.54. The zero-order chi connectivity index (χ0) is 20.9. The number of furan rings is 1. The lowest BCUT2D eigenvalue weighted by Gasteiger charge is -2.13. The van der Waals surface area contributed by atoms with Gasteiger partial charge in [0.25, 0.3) is 5.91 Å². The molecule has 1 amide bonds. The molecule has 0 atom stereocenters. The third kappa shape index (κ3) is 4.40. The zero-order valence-corrected chi connectivity index (χ0v) is 17.3. The van der Waals surface area contributed by atoms with Crippen LogP contribution < -0.4 is 10.1 Å². The van der Waals surface area contributed by atoms with Crippen LogP contribution in [0.1, 0.15) is 35.7 Å². The van der Waals surface area contributed by atoms with Crippen LogP contribution in [-0.4, -0.2) is 10.5 Å². The van der Waals surface area contributed by atoms with Gasteiger partial charge in [-0.2, -0.15) is 0 Å². The van der Waals surface area contributed by atoms with E-state index < -0.39 is 0 Å². The molecule has 4 rings (SSSR count). The van der Waals surface area contributed by atoms with Gasteiger partial charge in [-0.1, -0.05) is 50.2 Å². The summed E-state index contributed by atoms with van der Waals surface area (Å²) >= 11 is 0. The van der Waals surface area contributed by atoms with Crippen LogP contribution in [0, 0.1) is 5.92 Å². The molecule has 0 unspecified atom stereocenters. The first-order valence-electron chi connectivity index (χ1n) is 10.2. The zero-order valence-electron chi connectivity index (χ0n) is 17.3. The second-order valence-electron chi connectivity index (χ2n) is 7.76. The van der Waals surface area contributed by atoms with Crippen molar-refractivity contribution in [1.82, 2.24) is 9.88 Å². The number of fused-ring (bicyclic) bond motifs is 1. The van der Waals surface area contributed by atoms with E-state index in [0.717, 1.165) is 34.5 Å². The van der Waals surface area contributed by atoms with E-state index in [4.69, 9.17) is 9.15 Å². The minimum absolute atomic E-state index is 0.128. The van der Waals surface area contributed by atoms with Crippen LogP contribution in [0.25, 0.3) is 10.9 Å². The molecule has 1 N–H and O–H groups in total. The Morgan fingerprint density at radius 1 is 1.07 bits per heavy atom. The largest absolute Gasteiger partial charge is 0.488 e. The number of amides is 1. The summed E-state index contributed by atoms with van der Waals surface area (Å²) in [4.78, 5) is 13.0. The number of carbonyl (C=O) groups is 1. The molecular weight excluding hydrogens is 376 g/mol.